The number of hydrogen-bond donors (Lipinski definition) is 1. The van der Waals surface area contributed by atoms with Crippen LogP contribution in [0.25, 0.3) is 0 Å². The van der Waals surface area contributed by atoms with E-state index in [4.69, 9.17) is 9.47 Å². The fourth-order valence-corrected chi connectivity index (χ4v) is 1.20. The Kier molecular flexibility index (Phi) is 4.72. The number of aromatic nitrogens is 2. The summed E-state index contributed by atoms with van der Waals surface area (Å²) >= 11 is 0. The molecule has 6 nitrogen and oxygen atoms in total. The van der Waals surface area contributed by atoms with Gasteiger partial charge in [0, 0.05) is 12.6 Å². The molecule has 18 heavy (non-hydrogen) atoms. The highest BCUT2D eigenvalue weighted by atomic mass is 16.5. The van der Waals surface area contributed by atoms with Crippen LogP contribution in [0.5, 0.6) is 11.6 Å². The summed E-state index contributed by atoms with van der Waals surface area (Å²) in [6, 6.07) is 0. The van der Waals surface area contributed by atoms with Gasteiger partial charge in [0.1, 0.15) is 12.9 Å². The summed E-state index contributed by atoms with van der Waals surface area (Å²) < 4.78 is 11.0. The van der Waals surface area contributed by atoms with Crippen LogP contribution in [-0.2, 0) is 0 Å². The molecule has 1 aromatic heterocycles. The van der Waals surface area contributed by atoms with Gasteiger partial charge in [0.25, 0.3) is 5.88 Å². The number of nitrogens with zero attached hydrogens (tertiary/aromatic N) is 3. The summed E-state index contributed by atoms with van der Waals surface area (Å²) in [6.07, 6.45) is 1.45. The molecule has 0 saturated heterocycles. The topological polar surface area (TPSA) is 59.5 Å². The average Bonchev–Trinajstić information content (AvgIpc) is 2.35. The molecule has 0 aliphatic rings. The molecule has 0 radical (unpaired) electrons. The van der Waals surface area contributed by atoms with Gasteiger partial charge in [0.2, 0.25) is 5.75 Å². The quantitative estimate of drug-likeness (QED) is 0.824. The molecule has 0 aliphatic heterocycles. The second-order valence-electron chi connectivity index (χ2n) is 4.81. The van der Waals surface area contributed by atoms with E-state index in [-0.39, 0.29) is 5.54 Å². The molecule has 1 rings (SSSR count). The number of likely N-dealkylation sites (N-methyl/N-ethyl adjacent to an activating group) is 1. The van der Waals surface area contributed by atoms with E-state index in [1.165, 1.54) is 6.33 Å². The van der Waals surface area contributed by atoms with Gasteiger partial charge >= 0.3 is 0 Å². The predicted molar refractivity (Wildman–Crippen MR) is 71.4 cm³/mol. The van der Waals surface area contributed by atoms with Crippen molar-refractivity contribution < 1.29 is 9.47 Å². The molecular weight excluding hydrogens is 232 g/mol. The number of anilines is 1. The number of hydrogen-bond acceptors (Lipinski definition) is 6. The van der Waals surface area contributed by atoms with Gasteiger partial charge in [-0.15, -0.1) is 0 Å². The minimum absolute atomic E-state index is 0.0875. The van der Waals surface area contributed by atoms with Gasteiger partial charge in [-0.2, -0.15) is 4.98 Å². The smallest absolute Gasteiger partial charge is 0.262 e. The largest absolute Gasteiger partial charge is 0.489 e. The first kappa shape index (κ1) is 14.5. The minimum atomic E-state index is -0.0875. The SMILES string of the molecule is CNc1ncnc(OCC(C)(C)N(C)C)c1OC. The fraction of sp³-hybridized carbons (Fsp3) is 0.667. The van der Waals surface area contributed by atoms with Gasteiger partial charge in [-0.25, -0.2) is 4.98 Å². The Morgan fingerprint density at radius 1 is 1.33 bits per heavy atom. The predicted octanol–water partition coefficient (Wildman–Crippen LogP) is 1.25. The zero-order valence-corrected chi connectivity index (χ0v) is 11.9. The third kappa shape index (κ3) is 3.22. The number of ether oxygens (including phenoxy) is 2. The summed E-state index contributed by atoms with van der Waals surface area (Å²) in [5.41, 5.74) is -0.0875. The highest BCUT2D eigenvalue weighted by Gasteiger charge is 2.23. The Hall–Kier alpha value is -1.56. The Balaban J connectivity index is 2.85. The molecule has 0 aromatic carbocycles. The standard InChI is InChI=1S/C12H22N4O2/c1-12(2,16(4)5)7-18-11-9(17-6)10(13-3)14-8-15-11/h8H,7H2,1-6H3,(H,13,14,15). The number of methoxy groups -OCH3 is 1. The summed E-state index contributed by atoms with van der Waals surface area (Å²) in [5.74, 6) is 1.59. The zero-order valence-electron chi connectivity index (χ0n) is 11.9. The maximum Gasteiger partial charge on any atom is 0.262 e. The summed E-state index contributed by atoms with van der Waals surface area (Å²) in [7, 11) is 7.38. The molecular formula is C12H22N4O2. The number of nitrogens with one attached hydrogen (secondary N) is 1. The van der Waals surface area contributed by atoms with Crippen molar-refractivity contribution in [3.63, 3.8) is 0 Å². The van der Waals surface area contributed by atoms with Crippen LogP contribution < -0.4 is 14.8 Å². The molecule has 0 aliphatic carbocycles. The first-order valence-corrected chi connectivity index (χ1v) is 5.79. The number of rotatable bonds is 6. The van der Waals surface area contributed by atoms with Crippen LogP contribution >= 0.6 is 0 Å². The van der Waals surface area contributed by atoms with Crippen molar-refractivity contribution in [2.45, 2.75) is 19.4 Å². The average molecular weight is 254 g/mol. The molecule has 0 fully saturated rings. The van der Waals surface area contributed by atoms with Gasteiger partial charge in [0.15, 0.2) is 5.82 Å². The molecule has 0 unspecified atom stereocenters. The summed E-state index contributed by atoms with van der Waals surface area (Å²) in [6.45, 7) is 4.70. The normalized spacial score (nSPS) is 11.5. The van der Waals surface area contributed by atoms with E-state index in [9.17, 15) is 0 Å². The minimum Gasteiger partial charge on any atom is -0.489 e. The monoisotopic (exact) mass is 254 g/mol. The van der Waals surface area contributed by atoms with Gasteiger partial charge < -0.3 is 19.7 Å². The zero-order chi connectivity index (χ0) is 13.8. The molecule has 0 saturated carbocycles. The molecule has 102 valence electrons. The molecule has 0 bridgehead atoms. The second kappa shape index (κ2) is 5.86. The van der Waals surface area contributed by atoms with Gasteiger partial charge in [-0.05, 0) is 27.9 Å². The van der Waals surface area contributed by atoms with E-state index >= 15 is 0 Å². The first-order valence-electron chi connectivity index (χ1n) is 5.79. The van der Waals surface area contributed by atoms with Crippen LogP contribution in [0.2, 0.25) is 0 Å². The molecule has 1 aromatic rings. The maximum absolute atomic E-state index is 5.74. The van der Waals surface area contributed by atoms with Crippen LogP contribution in [0.15, 0.2) is 6.33 Å². The van der Waals surface area contributed by atoms with Crippen molar-refractivity contribution in [1.29, 1.82) is 0 Å². The Morgan fingerprint density at radius 2 is 2.00 bits per heavy atom. The Labute approximate surface area is 108 Å². The lowest BCUT2D eigenvalue weighted by atomic mass is 10.1. The molecule has 1 heterocycles. The second-order valence-corrected chi connectivity index (χ2v) is 4.81. The van der Waals surface area contributed by atoms with Crippen LogP contribution in [0.1, 0.15) is 13.8 Å². The molecule has 1 N–H and O–H groups in total. The van der Waals surface area contributed by atoms with E-state index in [0.29, 0.717) is 24.1 Å². The summed E-state index contributed by atoms with van der Waals surface area (Å²) in [5, 5.41) is 2.94. The lowest BCUT2D eigenvalue weighted by Crippen LogP contribution is -2.43. The van der Waals surface area contributed by atoms with Crippen LogP contribution in [-0.4, -0.2) is 55.3 Å². The van der Waals surface area contributed by atoms with E-state index in [0.717, 1.165) is 0 Å². The van der Waals surface area contributed by atoms with Crippen molar-refractivity contribution in [2.75, 3.05) is 40.2 Å². The third-order valence-corrected chi connectivity index (χ3v) is 2.98. The van der Waals surface area contributed by atoms with Crippen molar-refractivity contribution >= 4 is 5.82 Å². The van der Waals surface area contributed by atoms with Crippen molar-refractivity contribution in [3.05, 3.63) is 6.33 Å². The molecule has 6 heteroatoms. The van der Waals surface area contributed by atoms with Gasteiger partial charge in [0.05, 0.1) is 7.11 Å². The first-order chi connectivity index (χ1) is 8.42. The van der Waals surface area contributed by atoms with Crippen LogP contribution in [0.4, 0.5) is 5.82 Å². The van der Waals surface area contributed by atoms with Crippen molar-refractivity contribution in [3.8, 4) is 11.6 Å². The fourth-order valence-electron chi connectivity index (χ4n) is 1.20. The molecule has 0 spiro atoms. The Morgan fingerprint density at radius 3 is 2.50 bits per heavy atom. The molecule has 0 amide bonds. The Bertz CT molecular complexity index is 394. The highest BCUT2D eigenvalue weighted by Crippen LogP contribution is 2.31. The van der Waals surface area contributed by atoms with Crippen LogP contribution in [0.3, 0.4) is 0 Å². The van der Waals surface area contributed by atoms with E-state index in [1.54, 1.807) is 14.2 Å². The lowest BCUT2D eigenvalue weighted by Gasteiger charge is -2.32. The van der Waals surface area contributed by atoms with Crippen molar-refractivity contribution in [2.24, 2.45) is 0 Å². The van der Waals surface area contributed by atoms with Crippen molar-refractivity contribution in [1.82, 2.24) is 14.9 Å². The van der Waals surface area contributed by atoms with Crippen LogP contribution in [0, 0.1) is 0 Å². The summed E-state index contributed by atoms with van der Waals surface area (Å²) in [4.78, 5) is 10.3. The van der Waals surface area contributed by atoms with E-state index in [1.807, 2.05) is 14.1 Å². The van der Waals surface area contributed by atoms with Gasteiger partial charge in [-0.1, -0.05) is 0 Å². The van der Waals surface area contributed by atoms with E-state index < -0.39 is 0 Å². The molecule has 0 atom stereocenters. The van der Waals surface area contributed by atoms with E-state index in [2.05, 4.69) is 34.0 Å². The maximum atomic E-state index is 5.74. The van der Waals surface area contributed by atoms with Gasteiger partial charge in [-0.3, -0.25) is 0 Å². The third-order valence-electron chi connectivity index (χ3n) is 2.98. The lowest BCUT2D eigenvalue weighted by molar-refractivity contribution is 0.108. The highest BCUT2D eigenvalue weighted by molar-refractivity contribution is 5.54.